The van der Waals surface area contributed by atoms with Crippen LogP contribution in [-0.4, -0.2) is 12.2 Å². The molecule has 0 bridgehead atoms. The first kappa shape index (κ1) is 15.4. The number of hydrogen-bond donors (Lipinski definition) is 1. The normalized spacial score (nSPS) is 11.0. The minimum atomic E-state index is 0.279. The van der Waals surface area contributed by atoms with Gasteiger partial charge in [-0.05, 0) is 55.0 Å². The summed E-state index contributed by atoms with van der Waals surface area (Å²) < 4.78 is 5.42. The molecule has 0 aliphatic heterocycles. The Morgan fingerprint density at radius 3 is 2.81 bits per heavy atom. The number of thiophene rings is 1. The van der Waals surface area contributed by atoms with Crippen LogP contribution < -0.4 is 4.74 Å². The zero-order valence-electron chi connectivity index (χ0n) is 12.4. The van der Waals surface area contributed by atoms with Crippen LogP contribution in [0.5, 0.6) is 11.5 Å². The Hall–Kier alpha value is -2.00. The summed E-state index contributed by atoms with van der Waals surface area (Å²) in [7, 11) is 1.63. The van der Waals surface area contributed by atoms with Crippen molar-refractivity contribution in [3.8, 4) is 11.5 Å². The number of aromatic hydroxyl groups is 1. The van der Waals surface area contributed by atoms with Crippen molar-refractivity contribution in [3.63, 3.8) is 0 Å². The molecule has 110 valence electrons. The lowest BCUT2D eigenvalue weighted by Crippen LogP contribution is -1.94. The van der Waals surface area contributed by atoms with E-state index in [0.717, 1.165) is 35.3 Å². The Kier molecular flexibility index (Phi) is 5.23. The van der Waals surface area contributed by atoms with Gasteiger partial charge in [0.05, 0.1) is 7.11 Å². The SMILES string of the molecule is C=C(C)CCc1c(O)cc(/C=C/c2cccs2)cc1OC. The van der Waals surface area contributed by atoms with Crippen LogP contribution in [0.2, 0.25) is 0 Å². The third kappa shape index (κ3) is 4.23. The highest BCUT2D eigenvalue weighted by Gasteiger charge is 2.10. The summed E-state index contributed by atoms with van der Waals surface area (Å²) in [6.45, 7) is 5.89. The fourth-order valence-electron chi connectivity index (χ4n) is 2.08. The minimum Gasteiger partial charge on any atom is -0.508 e. The molecular formula is C18H20O2S. The topological polar surface area (TPSA) is 29.5 Å². The maximum absolute atomic E-state index is 10.2. The van der Waals surface area contributed by atoms with Crippen LogP contribution >= 0.6 is 11.3 Å². The van der Waals surface area contributed by atoms with Gasteiger partial charge in [0.2, 0.25) is 0 Å². The van der Waals surface area contributed by atoms with Gasteiger partial charge in [-0.2, -0.15) is 0 Å². The Bertz CT molecular complexity index is 639. The van der Waals surface area contributed by atoms with Crippen molar-refractivity contribution in [2.75, 3.05) is 7.11 Å². The van der Waals surface area contributed by atoms with Gasteiger partial charge in [-0.3, -0.25) is 0 Å². The largest absolute Gasteiger partial charge is 0.508 e. The molecule has 0 radical (unpaired) electrons. The fourth-order valence-corrected chi connectivity index (χ4v) is 2.70. The molecule has 0 amide bonds. The van der Waals surface area contributed by atoms with Crippen LogP contribution in [0.3, 0.4) is 0 Å². The molecule has 1 aromatic heterocycles. The van der Waals surface area contributed by atoms with Crippen molar-refractivity contribution < 1.29 is 9.84 Å². The van der Waals surface area contributed by atoms with Crippen LogP contribution in [0.1, 0.15) is 29.3 Å². The van der Waals surface area contributed by atoms with E-state index in [2.05, 4.69) is 12.6 Å². The van der Waals surface area contributed by atoms with Crippen LogP contribution in [0, 0.1) is 0 Å². The molecule has 0 aliphatic rings. The molecule has 0 spiro atoms. The Labute approximate surface area is 130 Å². The van der Waals surface area contributed by atoms with E-state index >= 15 is 0 Å². The molecule has 0 aliphatic carbocycles. The lowest BCUT2D eigenvalue weighted by Gasteiger charge is -2.12. The van der Waals surface area contributed by atoms with Gasteiger partial charge in [-0.15, -0.1) is 17.9 Å². The molecule has 3 heteroatoms. The van der Waals surface area contributed by atoms with Gasteiger partial charge in [0.15, 0.2) is 0 Å². The zero-order chi connectivity index (χ0) is 15.2. The summed E-state index contributed by atoms with van der Waals surface area (Å²) in [6.07, 6.45) is 5.59. The van der Waals surface area contributed by atoms with E-state index in [1.54, 1.807) is 24.5 Å². The summed E-state index contributed by atoms with van der Waals surface area (Å²) in [5.74, 6) is 1.00. The van der Waals surface area contributed by atoms with Crippen molar-refractivity contribution in [3.05, 3.63) is 57.8 Å². The fraction of sp³-hybridized carbons (Fsp3) is 0.222. The number of methoxy groups -OCH3 is 1. The molecule has 0 fully saturated rings. The van der Waals surface area contributed by atoms with E-state index in [1.165, 1.54) is 4.88 Å². The van der Waals surface area contributed by atoms with E-state index in [0.29, 0.717) is 0 Å². The number of phenols is 1. The van der Waals surface area contributed by atoms with Crippen molar-refractivity contribution in [2.24, 2.45) is 0 Å². The highest BCUT2D eigenvalue weighted by Crippen LogP contribution is 2.32. The zero-order valence-corrected chi connectivity index (χ0v) is 13.2. The number of hydrogen-bond acceptors (Lipinski definition) is 3. The third-order valence-corrected chi connectivity index (χ3v) is 4.05. The molecular weight excluding hydrogens is 280 g/mol. The number of allylic oxidation sites excluding steroid dienone is 1. The molecule has 0 atom stereocenters. The average molecular weight is 300 g/mol. The second-order valence-corrected chi connectivity index (χ2v) is 6.01. The standard InChI is InChI=1S/C18H20O2S/c1-13(2)6-9-16-17(19)11-14(12-18(16)20-3)7-8-15-5-4-10-21-15/h4-5,7-8,10-12,19H,1,6,9H2,2-3H3/b8-7+. The number of phenolic OH excluding ortho intramolecular Hbond substituents is 1. The monoisotopic (exact) mass is 300 g/mol. The first-order chi connectivity index (χ1) is 10.1. The molecule has 0 saturated carbocycles. The van der Waals surface area contributed by atoms with Gasteiger partial charge in [0.25, 0.3) is 0 Å². The first-order valence-corrected chi connectivity index (χ1v) is 7.74. The van der Waals surface area contributed by atoms with E-state index < -0.39 is 0 Å². The molecule has 2 aromatic rings. The highest BCUT2D eigenvalue weighted by atomic mass is 32.1. The lowest BCUT2D eigenvalue weighted by atomic mass is 10.0. The number of benzene rings is 1. The van der Waals surface area contributed by atoms with E-state index in [-0.39, 0.29) is 5.75 Å². The van der Waals surface area contributed by atoms with Crippen molar-refractivity contribution >= 4 is 23.5 Å². The van der Waals surface area contributed by atoms with Crippen LogP contribution in [0.15, 0.2) is 41.8 Å². The molecule has 21 heavy (non-hydrogen) atoms. The van der Waals surface area contributed by atoms with Gasteiger partial charge < -0.3 is 9.84 Å². The van der Waals surface area contributed by atoms with Gasteiger partial charge in [-0.25, -0.2) is 0 Å². The highest BCUT2D eigenvalue weighted by molar-refractivity contribution is 7.10. The number of ether oxygens (including phenoxy) is 1. The summed E-state index contributed by atoms with van der Waals surface area (Å²) in [5.41, 5.74) is 2.86. The van der Waals surface area contributed by atoms with Gasteiger partial charge in [0, 0.05) is 10.4 Å². The van der Waals surface area contributed by atoms with E-state index in [4.69, 9.17) is 4.74 Å². The molecule has 0 unspecified atom stereocenters. The van der Waals surface area contributed by atoms with Crippen LogP contribution in [-0.2, 0) is 6.42 Å². The lowest BCUT2D eigenvalue weighted by molar-refractivity contribution is 0.399. The molecule has 1 aromatic carbocycles. The summed E-state index contributed by atoms with van der Waals surface area (Å²) in [5, 5.41) is 12.3. The Morgan fingerprint density at radius 2 is 2.19 bits per heavy atom. The van der Waals surface area contributed by atoms with Gasteiger partial charge >= 0.3 is 0 Å². The Balaban J connectivity index is 2.25. The summed E-state index contributed by atoms with van der Waals surface area (Å²) in [4.78, 5) is 1.18. The Morgan fingerprint density at radius 1 is 1.38 bits per heavy atom. The van der Waals surface area contributed by atoms with Crippen molar-refractivity contribution in [2.45, 2.75) is 19.8 Å². The second kappa shape index (κ2) is 7.14. The van der Waals surface area contributed by atoms with Gasteiger partial charge in [0.1, 0.15) is 11.5 Å². The number of rotatable bonds is 6. The van der Waals surface area contributed by atoms with E-state index in [1.807, 2.05) is 36.6 Å². The second-order valence-electron chi connectivity index (χ2n) is 5.03. The van der Waals surface area contributed by atoms with Crippen LogP contribution in [0.4, 0.5) is 0 Å². The molecule has 1 heterocycles. The van der Waals surface area contributed by atoms with Crippen molar-refractivity contribution in [1.29, 1.82) is 0 Å². The maximum Gasteiger partial charge on any atom is 0.126 e. The smallest absolute Gasteiger partial charge is 0.126 e. The maximum atomic E-state index is 10.2. The van der Waals surface area contributed by atoms with E-state index in [9.17, 15) is 5.11 Å². The molecule has 1 N–H and O–H groups in total. The predicted molar refractivity (Wildman–Crippen MR) is 91.0 cm³/mol. The summed E-state index contributed by atoms with van der Waals surface area (Å²) in [6, 6.07) is 7.81. The average Bonchev–Trinajstić information content (AvgIpc) is 2.96. The summed E-state index contributed by atoms with van der Waals surface area (Å²) >= 11 is 1.68. The van der Waals surface area contributed by atoms with Crippen molar-refractivity contribution in [1.82, 2.24) is 0 Å². The quantitative estimate of drug-likeness (QED) is 0.748. The van der Waals surface area contributed by atoms with Gasteiger partial charge in [-0.1, -0.05) is 17.7 Å². The minimum absolute atomic E-state index is 0.279. The predicted octanol–water partition coefficient (Wildman–Crippen LogP) is 5.14. The molecule has 2 nitrogen and oxygen atoms in total. The molecule has 2 rings (SSSR count). The third-order valence-electron chi connectivity index (χ3n) is 3.21. The molecule has 0 saturated heterocycles. The first-order valence-electron chi connectivity index (χ1n) is 6.86. The van der Waals surface area contributed by atoms with Crippen LogP contribution in [0.25, 0.3) is 12.2 Å².